The smallest absolute Gasteiger partial charge is 0.342 e. The summed E-state index contributed by atoms with van der Waals surface area (Å²) in [5.41, 5.74) is 6.90. The molecule has 9 nitrogen and oxygen atoms in total. The molecule has 0 bridgehead atoms. The summed E-state index contributed by atoms with van der Waals surface area (Å²) in [5.74, 6) is -1.98. The quantitative estimate of drug-likeness (QED) is 0.360. The molecule has 2 amide bonds. The highest BCUT2D eigenvalue weighted by molar-refractivity contribution is 7.14. The molecule has 4 rings (SSSR count). The Morgan fingerprint density at radius 3 is 2.60 bits per heavy atom. The van der Waals surface area contributed by atoms with Gasteiger partial charge in [0.1, 0.15) is 27.8 Å². The Morgan fingerprint density at radius 1 is 1.11 bits per heavy atom. The summed E-state index contributed by atoms with van der Waals surface area (Å²) in [6.07, 6.45) is 1.44. The van der Waals surface area contributed by atoms with Crippen LogP contribution < -0.4 is 15.8 Å². The fourth-order valence-corrected chi connectivity index (χ4v) is 4.01. The number of esters is 1. The van der Waals surface area contributed by atoms with E-state index in [0.717, 1.165) is 11.3 Å². The Kier molecular flexibility index (Phi) is 6.88. The van der Waals surface area contributed by atoms with Gasteiger partial charge in [0, 0.05) is 11.8 Å². The zero-order valence-corrected chi connectivity index (χ0v) is 19.2. The number of carbonyl (C=O) groups is 3. The second-order valence-electron chi connectivity index (χ2n) is 7.20. The van der Waals surface area contributed by atoms with Crippen molar-refractivity contribution in [1.82, 2.24) is 9.78 Å². The van der Waals surface area contributed by atoms with Crippen molar-refractivity contribution >= 4 is 34.1 Å². The number of nitrogens with one attached hydrogen (secondary N) is 1. The zero-order valence-electron chi connectivity index (χ0n) is 18.4. The molecule has 11 heteroatoms. The normalized spacial score (nSPS) is 10.6. The number of anilines is 1. The monoisotopic (exact) mass is 494 g/mol. The lowest BCUT2D eigenvalue weighted by Gasteiger charge is -2.07. The van der Waals surface area contributed by atoms with Crippen LogP contribution in [-0.2, 0) is 9.53 Å². The molecule has 2 aromatic carbocycles. The maximum absolute atomic E-state index is 13.4. The average Bonchev–Trinajstić information content (AvgIpc) is 3.51. The average molecular weight is 495 g/mol. The Morgan fingerprint density at radius 2 is 1.89 bits per heavy atom. The number of methoxy groups -OCH3 is 1. The van der Waals surface area contributed by atoms with E-state index in [4.69, 9.17) is 15.2 Å². The highest BCUT2D eigenvalue weighted by Gasteiger charge is 2.22. The SMILES string of the molecule is COc1cccc(-c2nn(-c3ccc(F)cc3)cc2C(=O)OCC(=O)Nc2sccc2C(N)=O)c1. The van der Waals surface area contributed by atoms with E-state index in [1.807, 2.05) is 0 Å². The predicted molar refractivity (Wildman–Crippen MR) is 127 cm³/mol. The summed E-state index contributed by atoms with van der Waals surface area (Å²) in [6, 6.07) is 14.0. The number of thiophene rings is 1. The van der Waals surface area contributed by atoms with Crippen molar-refractivity contribution < 1.29 is 28.2 Å². The Balaban J connectivity index is 1.58. The molecule has 0 saturated heterocycles. The van der Waals surface area contributed by atoms with Crippen LogP contribution in [-0.4, -0.2) is 41.3 Å². The van der Waals surface area contributed by atoms with Crippen molar-refractivity contribution in [3.05, 3.63) is 83.1 Å². The van der Waals surface area contributed by atoms with Crippen molar-refractivity contribution in [2.45, 2.75) is 0 Å². The largest absolute Gasteiger partial charge is 0.497 e. The number of primary amides is 1. The number of rotatable bonds is 8. The van der Waals surface area contributed by atoms with Gasteiger partial charge in [0.15, 0.2) is 6.61 Å². The third-order valence-corrected chi connectivity index (χ3v) is 5.72. The maximum Gasteiger partial charge on any atom is 0.342 e. The van der Waals surface area contributed by atoms with E-state index in [9.17, 15) is 18.8 Å². The van der Waals surface area contributed by atoms with Crippen LogP contribution in [0.1, 0.15) is 20.7 Å². The molecule has 0 aliphatic heterocycles. The molecule has 0 aliphatic carbocycles. The molecule has 4 aromatic rings. The van der Waals surface area contributed by atoms with Gasteiger partial charge in [-0.2, -0.15) is 5.10 Å². The van der Waals surface area contributed by atoms with Gasteiger partial charge in [-0.05, 0) is 47.8 Å². The molecule has 3 N–H and O–H groups in total. The molecule has 0 atom stereocenters. The van der Waals surface area contributed by atoms with Gasteiger partial charge in [0.25, 0.3) is 11.8 Å². The summed E-state index contributed by atoms with van der Waals surface area (Å²) in [4.78, 5) is 36.7. The molecule has 0 radical (unpaired) electrons. The van der Waals surface area contributed by atoms with E-state index in [1.54, 1.807) is 29.6 Å². The third kappa shape index (κ3) is 5.36. The van der Waals surface area contributed by atoms with Gasteiger partial charge in [0.2, 0.25) is 0 Å². The van der Waals surface area contributed by atoms with Gasteiger partial charge in [-0.25, -0.2) is 13.9 Å². The van der Waals surface area contributed by atoms with Gasteiger partial charge in [-0.15, -0.1) is 11.3 Å². The Labute approximate surface area is 202 Å². The first kappa shape index (κ1) is 23.6. The lowest BCUT2D eigenvalue weighted by atomic mass is 10.1. The van der Waals surface area contributed by atoms with Gasteiger partial charge in [-0.3, -0.25) is 9.59 Å². The first-order chi connectivity index (χ1) is 16.9. The molecule has 0 fully saturated rings. The number of carbonyl (C=O) groups excluding carboxylic acids is 3. The van der Waals surface area contributed by atoms with Crippen LogP contribution >= 0.6 is 11.3 Å². The second kappa shape index (κ2) is 10.2. The minimum atomic E-state index is -0.798. The van der Waals surface area contributed by atoms with E-state index in [2.05, 4.69) is 10.4 Å². The molecule has 0 unspecified atom stereocenters. The topological polar surface area (TPSA) is 126 Å². The summed E-state index contributed by atoms with van der Waals surface area (Å²) >= 11 is 1.12. The lowest BCUT2D eigenvalue weighted by Crippen LogP contribution is -2.22. The van der Waals surface area contributed by atoms with Crippen LogP contribution in [0.2, 0.25) is 0 Å². The van der Waals surface area contributed by atoms with E-state index >= 15 is 0 Å². The molecule has 35 heavy (non-hydrogen) atoms. The number of ether oxygens (including phenoxy) is 2. The van der Waals surface area contributed by atoms with Gasteiger partial charge < -0.3 is 20.5 Å². The molecule has 178 valence electrons. The molecule has 0 saturated carbocycles. The Hall–Kier alpha value is -4.51. The van der Waals surface area contributed by atoms with Crippen molar-refractivity contribution in [3.63, 3.8) is 0 Å². The number of aromatic nitrogens is 2. The van der Waals surface area contributed by atoms with Crippen molar-refractivity contribution in [1.29, 1.82) is 0 Å². The number of halogens is 1. The van der Waals surface area contributed by atoms with Gasteiger partial charge in [-0.1, -0.05) is 12.1 Å². The number of hydrogen-bond donors (Lipinski definition) is 2. The molecular weight excluding hydrogens is 475 g/mol. The Bertz CT molecular complexity index is 1400. The highest BCUT2D eigenvalue weighted by Crippen LogP contribution is 2.28. The first-order valence-electron chi connectivity index (χ1n) is 10.2. The minimum absolute atomic E-state index is 0.0873. The van der Waals surface area contributed by atoms with Crippen LogP contribution in [0, 0.1) is 5.82 Å². The number of benzene rings is 2. The second-order valence-corrected chi connectivity index (χ2v) is 8.11. The van der Waals surface area contributed by atoms with Crippen LogP contribution in [0.15, 0.2) is 66.2 Å². The third-order valence-electron chi connectivity index (χ3n) is 4.89. The van der Waals surface area contributed by atoms with Crippen molar-refractivity contribution in [3.8, 4) is 22.7 Å². The molecule has 0 spiro atoms. The van der Waals surface area contributed by atoms with Crippen LogP contribution in [0.4, 0.5) is 9.39 Å². The fraction of sp³-hybridized carbons (Fsp3) is 0.0833. The van der Waals surface area contributed by atoms with Crippen molar-refractivity contribution in [2.75, 3.05) is 19.0 Å². The summed E-state index contributed by atoms with van der Waals surface area (Å²) in [7, 11) is 1.52. The zero-order chi connectivity index (χ0) is 24.9. The number of hydrogen-bond acceptors (Lipinski definition) is 7. The van der Waals surface area contributed by atoms with Crippen LogP contribution in [0.3, 0.4) is 0 Å². The van der Waals surface area contributed by atoms with Crippen molar-refractivity contribution in [2.24, 2.45) is 5.73 Å². The van der Waals surface area contributed by atoms with Crippen LogP contribution in [0.5, 0.6) is 5.75 Å². The van der Waals surface area contributed by atoms with Gasteiger partial charge in [0.05, 0.1) is 18.4 Å². The number of amides is 2. The standard InChI is InChI=1S/C24H19FN4O5S/c1-33-17-4-2-3-14(11-17)21-19(12-29(28-21)16-7-5-15(25)6-8-16)24(32)34-13-20(30)27-23-18(22(26)31)9-10-35-23/h2-12H,13H2,1H3,(H2,26,31)(H,27,30). The van der Waals surface area contributed by atoms with E-state index in [1.165, 1.54) is 48.3 Å². The minimum Gasteiger partial charge on any atom is -0.497 e. The molecule has 0 aliphatic rings. The van der Waals surface area contributed by atoms with Crippen LogP contribution in [0.25, 0.3) is 16.9 Å². The highest BCUT2D eigenvalue weighted by atomic mass is 32.1. The van der Waals surface area contributed by atoms with E-state index in [-0.39, 0.29) is 21.8 Å². The fourth-order valence-electron chi connectivity index (χ4n) is 3.20. The van der Waals surface area contributed by atoms with E-state index in [0.29, 0.717) is 17.0 Å². The first-order valence-corrected chi connectivity index (χ1v) is 11.1. The van der Waals surface area contributed by atoms with E-state index < -0.39 is 30.2 Å². The lowest BCUT2D eigenvalue weighted by molar-refractivity contribution is -0.119. The molecular formula is C24H19FN4O5S. The molecule has 2 aromatic heterocycles. The maximum atomic E-state index is 13.4. The summed E-state index contributed by atoms with van der Waals surface area (Å²) in [6.45, 7) is -0.603. The molecule has 2 heterocycles. The number of nitrogens with two attached hydrogens (primary N) is 1. The number of nitrogens with zero attached hydrogens (tertiary/aromatic N) is 2. The van der Waals surface area contributed by atoms with Gasteiger partial charge >= 0.3 is 5.97 Å². The summed E-state index contributed by atoms with van der Waals surface area (Å²) < 4.78 is 25.3. The summed E-state index contributed by atoms with van der Waals surface area (Å²) in [5, 5.41) is 8.86. The predicted octanol–water partition coefficient (Wildman–Crippen LogP) is 3.64.